The third-order valence-corrected chi connectivity index (χ3v) is 11.5. The molecule has 3 unspecified atom stereocenters. The smallest absolute Gasteiger partial charge is 0.220 e. The summed E-state index contributed by atoms with van der Waals surface area (Å²) in [5.74, 6) is -0.153. The third kappa shape index (κ3) is 40.8. The summed E-state index contributed by atoms with van der Waals surface area (Å²) in [6.07, 6.45) is 56.3. The van der Waals surface area contributed by atoms with Crippen LogP contribution in [0.25, 0.3) is 0 Å². The molecule has 0 spiro atoms. The first-order valence-corrected chi connectivity index (χ1v) is 24.6. The average molecular weight is 776 g/mol. The fraction of sp³-hybridized carbons (Fsp3) is 0.900. The van der Waals surface area contributed by atoms with E-state index < -0.39 is 18.2 Å². The van der Waals surface area contributed by atoms with Crippen molar-refractivity contribution in [3.63, 3.8) is 0 Å². The Balaban J connectivity index is 3.46. The van der Waals surface area contributed by atoms with Gasteiger partial charge in [0.15, 0.2) is 0 Å². The molecule has 326 valence electrons. The van der Waals surface area contributed by atoms with Gasteiger partial charge in [-0.3, -0.25) is 4.79 Å². The van der Waals surface area contributed by atoms with E-state index in [1.807, 2.05) is 0 Å². The normalized spacial score (nSPS) is 13.6. The Morgan fingerprint density at radius 1 is 0.436 bits per heavy atom. The van der Waals surface area contributed by atoms with Gasteiger partial charge in [0.25, 0.3) is 0 Å². The highest BCUT2D eigenvalue weighted by Crippen LogP contribution is 2.16. The highest BCUT2D eigenvalue weighted by molar-refractivity contribution is 5.76. The van der Waals surface area contributed by atoms with Gasteiger partial charge in [0, 0.05) is 6.42 Å². The summed E-state index contributed by atoms with van der Waals surface area (Å²) in [6, 6.07) is -0.821. The van der Waals surface area contributed by atoms with Gasteiger partial charge in [-0.05, 0) is 64.2 Å². The number of hydrogen-bond acceptors (Lipinski definition) is 4. The second-order valence-corrected chi connectivity index (χ2v) is 17.0. The minimum absolute atomic E-state index is 0.153. The molecule has 0 radical (unpaired) electrons. The Morgan fingerprint density at radius 2 is 0.727 bits per heavy atom. The van der Waals surface area contributed by atoms with Gasteiger partial charge in [-0.1, -0.05) is 218 Å². The van der Waals surface area contributed by atoms with E-state index in [9.17, 15) is 20.1 Å². The van der Waals surface area contributed by atoms with Crippen molar-refractivity contribution in [3.05, 3.63) is 24.3 Å². The zero-order valence-corrected chi connectivity index (χ0v) is 37.1. The van der Waals surface area contributed by atoms with Crippen molar-refractivity contribution < 1.29 is 20.1 Å². The number of amides is 1. The minimum atomic E-state index is -1.15. The van der Waals surface area contributed by atoms with Crippen molar-refractivity contribution >= 4 is 5.91 Å². The van der Waals surface area contributed by atoms with E-state index in [4.69, 9.17) is 0 Å². The number of carbonyl (C=O) groups is 1. The predicted octanol–water partition coefficient (Wildman–Crippen LogP) is 14.6. The lowest BCUT2D eigenvalue weighted by Crippen LogP contribution is -2.50. The van der Waals surface area contributed by atoms with E-state index in [-0.39, 0.29) is 12.5 Å². The zero-order chi connectivity index (χ0) is 40.1. The summed E-state index contributed by atoms with van der Waals surface area (Å²) in [5, 5.41) is 33.3. The molecule has 1 amide bonds. The molecule has 0 aliphatic heterocycles. The summed E-state index contributed by atoms with van der Waals surface area (Å²) in [6.45, 7) is 4.14. The van der Waals surface area contributed by atoms with Crippen LogP contribution >= 0.6 is 0 Å². The summed E-state index contributed by atoms with van der Waals surface area (Å²) in [4.78, 5) is 12.4. The lowest BCUT2D eigenvalue weighted by molar-refractivity contribution is -0.124. The fourth-order valence-corrected chi connectivity index (χ4v) is 7.69. The first-order valence-electron chi connectivity index (χ1n) is 24.6. The quantitative estimate of drug-likeness (QED) is 0.0366. The minimum Gasteiger partial charge on any atom is -0.394 e. The monoisotopic (exact) mass is 776 g/mol. The molecular formula is C50H97NO4. The predicted molar refractivity (Wildman–Crippen MR) is 241 cm³/mol. The van der Waals surface area contributed by atoms with Crippen LogP contribution in [-0.2, 0) is 4.79 Å². The second-order valence-electron chi connectivity index (χ2n) is 17.0. The van der Waals surface area contributed by atoms with Gasteiger partial charge in [-0.15, -0.1) is 0 Å². The zero-order valence-electron chi connectivity index (χ0n) is 37.1. The first-order chi connectivity index (χ1) is 27.1. The van der Waals surface area contributed by atoms with E-state index in [2.05, 4.69) is 43.5 Å². The molecular weight excluding hydrogens is 679 g/mol. The van der Waals surface area contributed by atoms with Gasteiger partial charge in [0.05, 0.1) is 18.8 Å². The molecule has 0 aromatic heterocycles. The summed E-state index contributed by atoms with van der Waals surface area (Å²) in [5.41, 5.74) is 0. The molecule has 0 saturated carbocycles. The van der Waals surface area contributed by atoms with Crippen molar-refractivity contribution in [3.8, 4) is 0 Å². The first kappa shape index (κ1) is 53.8. The van der Waals surface area contributed by atoms with E-state index >= 15 is 0 Å². The number of unbranched alkanes of at least 4 members (excludes halogenated alkanes) is 33. The number of allylic oxidation sites excluding steroid dienone is 4. The van der Waals surface area contributed by atoms with Crippen LogP contribution in [0, 0.1) is 0 Å². The SMILES string of the molecule is CCCCCC/C=C/CCCC(O)C(O)C(CO)NC(=O)CCCCCCCCCCCCCCCCCC/C=C\CCCCCCCCCCCCCC. The van der Waals surface area contributed by atoms with Crippen molar-refractivity contribution in [2.75, 3.05) is 6.61 Å². The van der Waals surface area contributed by atoms with Crippen LogP contribution in [0.15, 0.2) is 24.3 Å². The van der Waals surface area contributed by atoms with E-state index in [1.54, 1.807) is 0 Å². The number of rotatable bonds is 45. The third-order valence-electron chi connectivity index (χ3n) is 11.5. The molecule has 0 rings (SSSR count). The molecule has 3 atom stereocenters. The molecule has 55 heavy (non-hydrogen) atoms. The average Bonchev–Trinajstić information content (AvgIpc) is 3.19. The van der Waals surface area contributed by atoms with Crippen molar-refractivity contribution in [2.45, 2.75) is 283 Å². The Morgan fingerprint density at radius 3 is 1.07 bits per heavy atom. The second kappa shape index (κ2) is 45.5. The molecule has 0 heterocycles. The van der Waals surface area contributed by atoms with Crippen LogP contribution in [0.3, 0.4) is 0 Å². The van der Waals surface area contributed by atoms with Crippen LogP contribution in [0.1, 0.15) is 264 Å². The maximum Gasteiger partial charge on any atom is 0.220 e. The number of aliphatic hydroxyl groups excluding tert-OH is 3. The van der Waals surface area contributed by atoms with Crippen molar-refractivity contribution in [2.24, 2.45) is 0 Å². The summed E-state index contributed by atoms with van der Waals surface area (Å²) in [7, 11) is 0. The molecule has 0 aromatic rings. The Kier molecular flexibility index (Phi) is 44.6. The van der Waals surface area contributed by atoms with Crippen LogP contribution in [0.5, 0.6) is 0 Å². The molecule has 5 heteroatoms. The van der Waals surface area contributed by atoms with Gasteiger partial charge in [-0.25, -0.2) is 0 Å². The Hall–Kier alpha value is -1.17. The van der Waals surface area contributed by atoms with Gasteiger partial charge in [-0.2, -0.15) is 0 Å². The van der Waals surface area contributed by atoms with Gasteiger partial charge < -0.3 is 20.6 Å². The lowest BCUT2D eigenvalue weighted by Gasteiger charge is -2.26. The maximum absolute atomic E-state index is 12.4. The number of hydrogen-bond donors (Lipinski definition) is 4. The molecule has 5 nitrogen and oxygen atoms in total. The number of nitrogens with one attached hydrogen (secondary N) is 1. The molecule has 0 bridgehead atoms. The molecule has 0 aliphatic rings. The molecule has 0 fully saturated rings. The van der Waals surface area contributed by atoms with Crippen LogP contribution in [0.4, 0.5) is 0 Å². The topological polar surface area (TPSA) is 89.8 Å². The van der Waals surface area contributed by atoms with Crippen molar-refractivity contribution in [1.29, 1.82) is 0 Å². The Bertz CT molecular complexity index is 814. The van der Waals surface area contributed by atoms with Crippen molar-refractivity contribution in [1.82, 2.24) is 5.32 Å². The van der Waals surface area contributed by atoms with E-state index in [0.717, 1.165) is 38.5 Å². The lowest BCUT2D eigenvalue weighted by atomic mass is 10.0. The van der Waals surface area contributed by atoms with Crippen LogP contribution < -0.4 is 5.32 Å². The standard InChI is InChI=1S/C50H97NO4/c1-3-5-7-9-11-13-14-15-16-17-18-19-20-21-22-23-24-25-26-27-28-29-30-31-32-33-34-35-37-39-41-43-45-49(54)51-47(46-52)50(55)48(53)44-42-40-38-36-12-10-8-6-4-2/h21-22,36,38,47-48,50,52-53,55H,3-20,23-35,37,39-46H2,1-2H3,(H,51,54)/b22-21-,38-36+. The highest BCUT2D eigenvalue weighted by atomic mass is 16.3. The summed E-state index contributed by atoms with van der Waals surface area (Å²) < 4.78 is 0. The van der Waals surface area contributed by atoms with Crippen LogP contribution in [0.2, 0.25) is 0 Å². The van der Waals surface area contributed by atoms with Gasteiger partial charge >= 0.3 is 0 Å². The van der Waals surface area contributed by atoms with Crippen LogP contribution in [-0.4, -0.2) is 46.1 Å². The molecule has 4 N–H and O–H groups in total. The van der Waals surface area contributed by atoms with E-state index in [1.165, 1.54) is 199 Å². The number of carbonyl (C=O) groups excluding carboxylic acids is 1. The van der Waals surface area contributed by atoms with Gasteiger partial charge in [0.1, 0.15) is 6.10 Å². The molecule has 0 aromatic carbocycles. The number of aliphatic hydroxyl groups is 3. The highest BCUT2D eigenvalue weighted by Gasteiger charge is 2.26. The molecule has 0 aliphatic carbocycles. The Labute approximate surface area is 343 Å². The maximum atomic E-state index is 12.4. The van der Waals surface area contributed by atoms with Gasteiger partial charge in [0.2, 0.25) is 5.91 Å². The fourth-order valence-electron chi connectivity index (χ4n) is 7.69. The summed E-state index contributed by atoms with van der Waals surface area (Å²) >= 11 is 0. The largest absolute Gasteiger partial charge is 0.394 e. The van der Waals surface area contributed by atoms with E-state index in [0.29, 0.717) is 12.8 Å². The molecule has 0 saturated heterocycles.